The van der Waals surface area contributed by atoms with Crippen LogP contribution in [0.3, 0.4) is 0 Å². The number of nitrogens with one attached hydrogen (secondary N) is 2. The molecule has 9 nitrogen and oxygen atoms in total. The maximum absolute atomic E-state index is 12.9. The zero-order valence-electron chi connectivity index (χ0n) is 16.4. The van der Waals surface area contributed by atoms with Gasteiger partial charge in [0.2, 0.25) is 5.95 Å². The summed E-state index contributed by atoms with van der Waals surface area (Å²) in [5, 5.41) is 13.2. The van der Waals surface area contributed by atoms with Crippen LogP contribution in [0.5, 0.6) is 0 Å². The van der Waals surface area contributed by atoms with E-state index in [-0.39, 0.29) is 5.91 Å². The third-order valence-electron chi connectivity index (χ3n) is 5.02. The first-order valence-electron chi connectivity index (χ1n) is 9.68. The third-order valence-corrected chi connectivity index (χ3v) is 6.80. The number of thiazole rings is 1. The van der Waals surface area contributed by atoms with E-state index in [0.717, 1.165) is 34.2 Å². The molecule has 0 aliphatic carbocycles. The van der Waals surface area contributed by atoms with Gasteiger partial charge in [-0.25, -0.2) is 15.0 Å². The van der Waals surface area contributed by atoms with Crippen molar-refractivity contribution in [3.05, 3.63) is 47.6 Å². The summed E-state index contributed by atoms with van der Waals surface area (Å²) in [7, 11) is 0. The molecule has 0 saturated carbocycles. The van der Waals surface area contributed by atoms with Gasteiger partial charge in [-0.15, -0.1) is 16.5 Å². The average molecular weight is 454 g/mol. The first-order chi connectivity index (χ1) is 15.1. The largest absolute Gasteiger partial charge is 0.593 e. The van der Waals surface area contributed by atoms with Crippen molar-refractivity contribution in [2.45, 2.75) is 4.90 Å². The molecule has 4 N–H and O–H groups in total. The van der Waals surface area contributed by atoms with Crippen LogP contribution in [-0.4, -0.2) is 56.5 Å². The van der Waals surface area contributed by atoms with Gasteiger partial charge >= 0.3 is 0 Å². The van der Waals surface area contributed by atoms with Gasteiger partial charge < -0.3 is 20.1 Å². The van der Waals surface area contributed by atoms with Crippen LogP contribution in [0.4, 0.5) is 11.6 Å². The number of nitrogens with two attached hydrogens (primary N) is 1. The van der Waals surface area contributed by atoms with Gasteiger partial charge in [-0.2, -0.15) is 0 Å². The van der Waals surface area contributed by atoms with E-state index in [2.05, 4.69) is 25.6 Å². The van der Waals surface area contributed by atoms with Crippen LogP contribution in [0, 0.1) is 0 Å². The van der Waals surface area contributed by atoms with Crippen LogP contribution in [0.1, 0.15) is 9.80 Å². The second-order valence-electron chi connectivity index (χ2n) is 7.06. The van der Waals surface area contributed by atoms with Crippen molar-refractivity contribution in [2.75, 3.05) is 31.5 Å². The Morgan fingerprint density at radius 2 is 2.06 bits per heavy atom. The van der Waals surface area contributed by atoms with Crippen molar-refractivity contribution in [3.63, 3.8) is 0 Å². The summed E-state index contributed by atoms with van der Waals surface area (Å²) in [6.07, 6.45) is 1.73. The lowest BCUT2D eigenvalue weighted by Crippen LogP contribution is -2.46. The number of piperazine rings is 1. The highest BCUT2D eigenvalue weighted by Gasteiger charge is 2.22. The molecule has 1 aliphatic heterocycles. The average Bonchev–Trinajstić information content (AvgIpc) is 3.24. The number of fused-ring (bicyclic) bond motifs is 3. The van der Waals surface area contributed by atoms with E-state index in [0.29, 0.717) is 34.6 Å². The van der Waals surface area contributed by atoms with E-state index < -0.39 is 11.4 Å². The fraction of sp³-hybridized carbons (Fsp3) is 0.200. The van der Waals surface area contributed by atoms with Gasteiger partial charge in [-0.05, 0) is 24.3 Å². The molecule has 158 valence electrons. The summed E-state index contributed by atoms with van der Waals surface area (Å²) in [5.41, 5.74) is 2.15. The van der Waals surface area contributed by atoms with Gasteiger partial charge in [0, 0.05) is 49.5 Å². The lowest BCUT2D eigenvalue weighted by Gasteiger charge is -2.26. The third kappa shape index (κ3) is 4.05. The molecule has 0 bridgehead atoms. The highest BCUT2D eigenvalue weighted by atomic mass is 32.2. The molecule has 4 aromatic rings. The minimum atomic E-state index is -1.57. The van der Waals surface area contributed by atoms with Crippen molar-refractivity contribution in [2.24, 2.45) is 5.14 Å². The van der Waals surface area contributed by atoms with E-state index in [4.69, 9.17) is 5.14 Å². The molecule has 1 saturated heterocycles. The summed E-state index contributed by atoms with van der Waals surface area (Å²) in [6, 6.07) is 10.8. The summed E-state index contributed by atoms with van der Waals surface area (Å²) in [4.78, 5) is 28.8. The Hall–Kier alpha value is -2.83. The van der Waals surface area contributed by atoms with Crippen LogP contribution in [0.15, 0.2) is 47.5 Å². The van der Waals surface area contributed by atoms with Crippen LogP contribution in [0.2, 0.25) is 0 Å². The Balaban J connectivity index is 1.50. The molecule has 3 heterocycles. The molecule has 1 amide bonds. The molecule has 2 aromatic heterocycles. The first-order valence-corrected chi connectivity index (χ1v) is 11.7. The maximum Gasteiger partial charge on any atom is 0.282 e. The number of rotatable bonds is 4. The first kappa shape index (κ1) is 20.1. The molecule has 0 spiro atoms. The Labute approximate surface area is 185 Å². The van der Waals surface area contributed by atoms with E-state index in [9.17, 15) is 9.35 Å². The van der Waals surface area contributed by atoms with Gasteiger partial charge in [0.1, 0.15) is 0 Å². The molecule has 1 aliphatic rings. The van der Waals surface area contributed by atoms with E-state index in [1.165, 1.54) is 11.3 Å². The number of hydrogen-bond acceptors (Lipinski definition) is 9. The van der Waals surface area contributed by atoms with Crippen LogP contribution >= 0.6 is 11.3 Å². The fourth-order valence-corrected chi connectivity index (χ4v) is 4.95. The smallest absolute Gasteiger partial charge is 0.282 e. The van der Waals surface area contributed by atoms with Gasteiger partial charge in [0.15, 0.2) is 9.90 Å². The second-order valence-corrected chi connectivity index (χ2v) is 9.12. The van der Waals surface area contributed by atoms with Crippen molar-refractivity contribution in [1.29, 1.82) is 0 Å². The minimum absolute atomic E-state index is 0.0464. The number of carbonyl (C=O) groups is 1. The Morgan fingerprint density at radius 1 is 1.23 bits per heavy atom. The maximum atomic E-state index is 12.9. The topological polar surface area (TPSA) is 132 Å². The molecular weight excluding hydrogens is 434 g/mol. The zero-order chi connectivity index (χ0) is 21.4. The molecule has 31 heavy (non-hydrogen) atoms. The number of aromatic nitrogens is 3. The number of nitrogens with zero attached hydrogens (tertiary/aromatic N) is 4. The molecule has 1 atom stereocenters. The Morgan fingerprint density at radius 3 is 2.87 bits per heavy atom. The second kappa shape index (κ2) is 8.36. The van der Waals surface area contributed by atoms with Crippen LogP contribution in [-0.2, 0) is 11.4 Å². The standard InChI is InChI=1S/C20H19N7O2S2/c21-31(29)14-3-1-2-13(10-14)24-20-23-11-12-4-5-15-17(16(12)26-20)30-18(25-15)19(28)27-8-6-22-7-9-27/h1-5,10-11,22H,6-9,21H2,(H,23,24,26). The van der Waals surface area contributed by atoms with Crippen molar-refractivity contribution >= 4 is 61.4 Å². The summed E-state index contributed by atoms with van der Waals surface area (Å²) in [5.74, 6) is 0.346. The minimum Gasteiger partial charge on any atom is -0.593 e. The summed E-state index contributed by atoms with van der Waals surface area (Å²) in [6.45, 7) is 2.94. The van der Waals surface area contributed by atoms with Gasteiger partial charge in [0.25, 0.3) is 5.91 Å². The highest BCUT2D eigenvalue weighted by molar-refractivity contribution is 7.89. The van der Waals surface area contributed by atoms with Gasteiger partial charge in [-0.3, -0.25) is 4.79 Å². The molecular formula is C20H19N7O2S2. The predicted molar refractivity (Wildman–Crippen MR) is 122 cm³/mol. The normalized spacial score (nSPS) is 15.4. The van der Waals surface area contributed by atoms with Crippen molar-refractivity contribution < 1.29 is 9.35 Å². The number of amides is 1. The molecule has 11 heteroatoms. The number of benzene rings is 2. The Kier molecular flexibility index (Phi) is 5.42. The SMILES string of the molecule is N[S+]([O-])c1cccc(Nc2ncc3ccc4nc(C(=O)N5CCNCC5)sc4c3n2)c1. The molecule has 2 aromatic carbocycles. The highest BCUT2D eigenvalue weighted by Crippen LogP contribution is 2.30. The van der Waals surface area contributed by atoms with Gasteiger partial charge in [0.05, 0.1) is 27.1 Å². The van der Waals surface area contributed by atoms with E-state index in [1.807, 2.05) is 23.1 Å². The number of carbonyl (C=O) groups excluding carboxylic acids is 1. The zero-order valence-corrected chi connectivity index (χ0v) is 18.0. The van der Waals surface area contributed by atoms with Crippen molar-refractivity contribution in [3.8, 4) is 0 Å². The van der Waals surface area contributed by atoms with Crippen LogP contribution < -0.4 is 15.8 Å². The number of hydrogen-bond donors (Lipinski definition) is 3. The van der Waals surface area contributed by atoms with Crippen molar-refractivity contribution in [1.82, 2.24) is 25.2 Å². The molecule has 1 unspecified atom stereocenters. The summed E-state index contributed by atoms with van der Waals surface area (Å²) < 4.78 is 12.4. The lowest BCUT2D eigenvalue weighted by atomic mass is 10.2. The van der Waals surface area contributed by atoms with Crippen LogP contribution in [0.25, 0.3) is 21.1 Å². The quantitative estimate of drug-likeness (QED) is 0.400. The summed E-state index contributed by atoms with van der Waals surface area (Å²) >= 11 is -0.217. The lowest BCUT2D eigenvalue weighted by molar-refractivity contribution is 0.0735. The number of anilines is 2. The van der Waals surface area contributed by atoms with Gasteiger partial charge in [-0.1, -0.05) is 6.07 Å². The molecule has 5 rings (SSSR count). The van der Waals surface area contributed by atoms with E-state index >= 15 is 0 Å². The molecule has 1 fully saturated rings. The predicted octanol–water partition coefficient (Wildman–Crippen LogP) is 2.01. The monoisotopic (exact) mass is 453 g/mol. The fourth-order valence-electron chi connectivity index (χ4n) is 3.46. The Bertz CT molecular complexity index is 1270. The molecule has 0 radical (unpaired) electrons. The van der Waals surface area contributed by atoms with E-state index in [1.54, 1.807) is 24.4 Å².